The van der Waals surface area contributed by atoms with Gasteiger partial charge in [0.25, 0.3) is 0 Å². The molecule has 46 valence electrons. The van der Waals surface area contributed by atoms with Crippen LogP contribution in [0.2, 0.25) is 0 Å². The predicted molar refractivity (Wildman–Crippen MR) is 26.8 cm³/mol. The minimum Gasteiger partial charge on any atom is -0.351 e. The van der Waals surface area contributed by atoms with Gasteiger partial charge in [-0.25, -0.2) is 4.79 Å². The molecule has 0 saturated heterocycles. The number of nitrogens with two attached hydrogens (primary N) is 2. The van der Waals surface area contributed by atoms with E-state index in [4.69, 9.17) is 5.73 Å². The average molecular weight is 117 g/mol. The zero-order valence-electron chi connectivity index (χ0n) is 4.18. The molecule has 0 aliphatic rings. The molecule has 0 aromatic carbocycles. The largest absolute Gasteiger partial charge is 0.351 e. The Morgan fingerprint density at radius 1 is 1.50 bits per heavy atom. The van der Waals surface area contributed by atoms with Crippen LogP contribution in [0.1, 0.15) is 0 Å². The van der Waals surface area contributed by atoms with Gasteiger partial charge in [-0.05, 0) is 0 Å². The van der Waals surface area contributed by atoms with Gasteiger partial charge in [-0.15, -0.1) is 0 Å². The molecular weight excluding hydrogens is 110 g/mol. The first-order valence-electron chi connectivity index (χ1n) is 1.96. The van der Waals surface area contributed by atoms with E-state index in [1.807, 2.05) is 0 Å². The molecule has 0 bridgehead atoms. The highest BCUT2D eigenvalue weighted by atomic mass is 16.2. The summed E-state index contributed by atoms with van der Waals surface area (Å²) in [7, 11) is 0. The van der Waals surface area contributed by atoms with Crippen molar-refractivity contribution in [3.8, 4) is 0 Å². The molecule has 0 fully saturated rings. The smallest absolute Gasteiger partial charge is 0.318 e. The van der Waals surface area contributed by atoms with Crippen molar-refractivity contribution in [1.29, 1.82) is 0 Å². The van der Waals surface area contributed by atoms with E-state index in [0.29, 0.717) is 0 Å². The van der Waals surface area contributed by atoms with Crippen LogP contribution >= 0.6 is 0 Å². The second kappa shape index (κ2) is 2.98. The molecule has 0 aromatic rings. The molecule has 0 saturated carbocycles. The maximum atomic E-state index is 10.1. The second-order valence-corrected chi connectivity index (χ2v) is 1.12. The summed E-state index contributed by atoms with van der Waals surface area (Å²) in [5.74, 6) is -0.572. The lowest BCUT2D eigenvalue weighted by Crippen LogP contribution is -2.38. The van der Waals surface area contributed by atoms with Crippen molar-refractivity contribution < 1.29 is 9.59 Å². The van der Waals surface area contributed by atoms with E-state index in [-0.39, 0.29) is 6.54 Å². The van der Waals surface area contributed by atoms with E-state index in [0.717, 1.165) is 0 Å². The van der Waals surface area contributed by atoms with Gasteiger partial charge in [-0.2, -0.15) is 0 Å². The highest BCUT2D eigenvalue weighted by Gasteiger charge is 1.97. The average Bonchev–Trinajstić information content (AvgIpc) is 1.65. The van der Waals surface area contributed by atoms with Crippen molar-refractivity contribution in [3.63, 3.8) is 0 Å². The number of urea groups is 1. The molecule has 0 atom stereocenters. The Morgan fingerprint density at radius 3 is 2.12 bits per heavy atom. The van der Waals surface area contributed by atoms with Crippen LogP contribution in [0, 0.1) is 0 Å². The van der Waals surface area contributed by atoms with Crippen molar-refractivity contribution >= 4 is 11.9 Å². The van der Waals surface area contributed by atoms with Gasteiger partial charge in [-0.3, -0.25) is 10.1 Å². The fourth-order valence-electron chi connectivity index (χ4n) is 0.188. The van der Waals surface area contributed by atoms with Gasteiger partial charge in [0, 0.05) is 0 Å². The number of carbonyl (C=O) groups excluding carboxylic acids is 2. The summed E-state index contributed by atoms with van der Waals surface area (Å²) in [6.07, 6.45) is 0. The van der Waals surface area contributed by atoms with E-state index >= 15 is 0 Å². The van der Waals surface area contributed by atoms with Crippen molar-refractivity contribution in [2.75, 3.05) is 6.54 Å². The fraction of sp³-hybridized carbons (Fsp3) is 0.333. The first-order valence-corrected chi connectivity index (χ1v) is 1.96. The third-order valence-electron chi connectivity index (χ3n) is 0.448. The number of amides is 3. The molecule has 0 aliphatic carbocycles. The molecule has 8 heavy (non-hydrogen) atoms. The van der Waals surface area contributed by atoms with E-state index in [1.54, 1.807) is 5.32 Å². The Morgan fingerprint density at radius 2 is 2.00 bits per heavy atom. The number of carbonyl (C=O) groups is 2. The molecule has 0 aliphatic heterocycles. The van der Waals surface area contributed by atoms with Gasteiger partial charge in [0.05, 0.1) is 6.54 Å². The summed E-state index contributed by atoms with van der Waals surface area (Å²) < 4.78 is 0. The molecule has 0 heterocycles. The summed E-state index contributed by atoms with van der Waals surface area (Å²) >= 11 is 0. The molecule has 0 radical (unpaired) electrons. The molecule has 0 rings (SSSR count). The topological polar surface area (TPSA) is 98.2 Å². The van der Waals surface area contributed by atoms with Crippen LogP contribution in [0.3, 0.4) is 0 Å². The van der Waals surface area contributed by atoms with E-state index in [2.05, 4.69) is 5.73 Å². The van der Waals surface area contributed by atoms with Crippen molar-refractivity contribution in [1.82, 2.24) is 5.32 Å². The molecule has 0 spiro atoms. The van der Waals surface area contributed by atoms with Gasteiger partial charge in [-0.1, -0.05) is 0 Å². The molecule has 5 N–H and O–H groups in total. The molecule has 0 aromatic heterocycles. The number of imide groups is 1. The molecule has 5 heteroatoms. The Labute approximate surface area is 46.0 Å². The molecule has 3 amide bonds. The van der Waals surface area contributed by atoms with Crippen LogP contribution in [0.4, 0.5) is 4.79 Å². The van der Waals surface area contributed by atoms with E-state index < -0.39 is 11.9 Å². The highest BCUT2D eigenvalue weighted by molar-refractivity contribution is 5.94. The fourth-order valence-corrected chi connectivity index (χ4v) is 0.188. The summed E-state index contributed by atoms with van der Waals surface area (Å²) in [5, 5.41) is 1.77. The van der Waals surface area contributed by atoms with Gasteiger partial charge in [0.2, 0.25) is 5.91 Å². The van der Waals surface area contributed by atoms with Gasteiger partial charge in [0.1, 0.15) is 0 Å². The molecule has 0 unspecified atom stereocenters. The molecular formula is C3H7N3O2. The van der Waals surface area contributed by atoms with Crippen LogP contribution in [-0.2, 0) is 4.79 Å². The van der Waals surface area contributed by atoms with Crippen molar-refractivity contribution in [2.24, 2.45) is 11.5 Å². The van der Waals surface area contributed by atoms with E-state index in [1.165, 1.54) is 0 Å². The lowest BCUT2D eigenvalue weighted by atomic mass is 10.6. The van der Waals surface area contributed by atoms with Crippen LogP contribution < -0.4 is 16.8 Å². The monoisotopic (exact) mass is 117 g/mol. The predicted octanol–water partition coefficient (Wildman–Crippen LogP) is -1.86. The number of hydrogen-bond acceptors (Lipinski definition) is 3. The minimum absolute atomic E-state index is 0.219. The van der Waals surface area contributed by atoms with Crippen LogP contribution in [-0.4, -0.2) is 18.5 Å². The summed E-state index contributed by atoms with van der Waals surface area (Å²) in [6.45, 7) is -0.219. The quantitative estimate of drug-likeness (QED) is 0.375. The van der Waals surface area contributed by atoms with E-state index in [9.17, 15) is 9.59 Å². The zero-order valence-corrected chi connectivity index (χ0v) is 4.18. The Hall–Kier alpha value is -1.10. The first-order chi connectivity index (χ1) is 3.66. The minimum atomic E-state index is -0.875. The molecule has 5 nitrogen and oxygen atoms in total. The third kappa shape index (κ3) is 3.10. The maximum Gasteiger partial charge on any atom is 0.318 e. The summed E-state index contributed by atoms with van der Waals surface area (Å²) in [4.78, 5) is 19.9. The number of rotatable bonds is 1. The number of hydrogen-bond donors (Lipinski definition) is 3. The van der Waals surface area contributed by atoms with Crippen LogP contribution in [0.5, 0.6) is 0 Å². The lowest BCUT2D eigenvalue weighted by Gasteiger charge is -1.92. The highest BCUT2D eigenvalue weighted by Crippen LogP contribution is 1.56. The van der Waals surface area contributed by atoms with Crippen molar-refractivity contribution in [2.45, 2.75) is 0 Å². The van der Waals surface area contributed by atoms with Gasteiger partial charge < -0.3 is 11.5 Å². The van der Waals surface area contributed by atoms with Gasteiger partial charge >= 0.3 is 6.03 Å². The first kappa shape index (κ1) is 6.90. The summed E-state index contributed by atoms with van der Waals surface area (Å²) in [6, 6.07) is -0.875. The Bertz CT molecular complexity index is 111. The standard InChI is InChI=1S/C3H7N3O2/c4-1-2(7)6-3(5)8/h1,4H2,(H3,5,6,7,8). The maximum absolute atomic E-state index is 10.1. The number of nitrogens with one attached hydrogen (secondary N) is 1. The number of primary amides is 1. The van der Waals surface area contributed by atoms with Crippen LogP contribution in [0.25, 0.3) is 0 Å². The third-order valence-corrected chi connectivity index (χ3v) is 0.448. The lowest BCUT2D eigenvalue weighted by molar-refractivity contribution is -0.118. The Kier molecular flexibility index (Phi) is 2.57. The summed E-state index contributed by atoms with van der Waals surface area (Å²) in [5.41, 5.74) is 9.34. The van der Waals surface area contributed by atoms with Crippen LogP contribution in [0.15, 0.2) is 0 Å². The van der Waals surface area contributed by atoms with Gasteiger partial charge in [0.15, 0.2) is 0 Å². The normalized spacial score (nSPS) is 8.12. The zero-order chi connectivity index (χ0) is 6.57. The Balaban J connectivity index is 3.40. The SMILES string of the molecule is NCC(=O)NC(N)=O. The van der Waals surface area contributed by atoms with Crippen molar-refractivity contribution in [3.05, 3.63) is 0 Å². The second-order valence-electron chi connectivity index (χ2n) is 1.12.